The molecule has 0 bridgehead atoms. The summed E-state index contributed by atoms with van der Waals surface area (Å²) in [6.07, 6.45) is 0. The molecule has 0 saturated carbocycles. The third kappa shape index (κ3) is 4.15. The van der Waals surface area contributed by atoms with Crippen LogP contribution in [-0.4, -0.2) is 27.1 Å². The number of hydrogen-bond acceptors (Lipinski definition) is 3. The maximum atomic E-state index is 13.9. The summed E-state index contributed by atoms with van der Waals surface area (Å²) in [4.78, 5) is 29.1. The molecule has 4 rings (SSSR count). The monoisotopic (exact) mass is 464 g/mol. The van der Waals surface area contributed by atoms with Crippen molar-refractivity contribution in [2.24, 2.45) is 0 Å². The second-order valence-corrected chi connectivity index (χ2v) is 10.2. The van der Waals surface area contributed by atoms with E-state index >= 15 is 0 Å². The quantitative estimate of drug-likeness (QED) is 0.598. The lowest BCUT2D eigenvalue weighted by atomic mass is 9.91. The minimum Gasteiger partial charge on any atom is -0.350 e. The van der Waals surface area contributed by atoms with Crippen molar-refractivity contribution in [2.45, 2.75) is 58.7 Å². The number of fused-ring (bicyclic) bond motifs is 1. The Bertz CT molecular complexity index is 1210. The van der Waals surface area contributed by atoms with Crippen molar-refractivity contribution in [2.75, 3.05) is 4.90 Å². The van der Waals surface area contributed by atoms with Gasteiger partial charge in [0.05, 0.1) is 12.2 Å². The molecule has 1 aromatic heterocycles. The summed E-state index contributed by atoms with van der Waals surface area (Å²) in [6, 6.07) is 16.9. The van der Waals surface area contributed by atoms with E-state index in [1.807, 2.05) is 49.4 Å². The lowest BCUT2D eigenvalue weighted by molar-refractivity contribution is -0.126. The molecule has 1 atom stereocenters. The smallest absolute Gasteiger partial charge is 0.277 e. The van der Waals surface area contributed by atoms with Crippen molar-refractivity contribution in [3.8, 4) is 0 Å². The Hall–Kier alpha value is -3.12. The van der Waals surface area contributed by atoms with Crippen LogP contribution in [0.15, 0.2) is 54.6 Å². The summed E-state index contributed by atoms with van der Waals surface area (Å²) in [5.41, 5.74) is 2.20. The molecule has 1 aliphatic rings. The van der Waals surface area contributed by atoms with Crippen molar-refractivity contribution in [3.63, 3.8) is 0 Å². The minimum absolute atomic E-state index is 0.229. The van der Waals surface area contributed by atoms with Crippen LogP contribution in [0.1, 0.15) is 55.0 Å². The molecule has 0 fully saturated rings. The molecule has 0 spiro atoms. The highest BCUT2D eigenvalue weighted by atomic mass is 35.5. The summed E-state index contributed by atoms with van der Waals surface area (Å²) in [6.45, 7) is 10.4. The average Bonchev–Trinajstić information content (AvgIpc) is 3.20. The number of anilines is 1. The fourth-order valence-electron chi connectivity index (χ4n) is 4.13. The highest BCUT2D eigenvalue weighted by molar-refractivity contribution is 6.32. The molecule has 1 N–H and O–H groups in total. The topological polar surface area (TPSA) is 67.2 Å². The standard InChI is InChI=1S/C26H29ClN4O2/c1-17-19(27)12-9-13-20(17)31-23(32)21-14-22(25(2,3)4)29-30(21)16-26(31,5)24(33)28-15-18-10-7-6-8-11-18/h6-14H,15-16H2,1-5H3,(H,28,33)/t26-/m1/s1. The van der Waals surface area contributed by atoms with Gasteiger partial charge in [-0.1, -0.05) is 68.8 Å². The number of rotatable bonds is 4. The molecular formula is C26H29ClN4O2. The van der Waals surface area contributed by atoms with Gasteiger partial charge in [0.15, 0.2) is 0 Å². The zero-order valence-electron chi connectivity index (χ0n) is 19.6. The molecule has 0 saturated heterocycles. The summed E-state index contributed by atoms with van der Waals surface area (Å²) < 4.78 is 1.67. The van der Waals surface area contributed by atoms with Crippen molar-refractivity contribution in [1.82, 2.24) is 15.1 Å². The number of benzene rings is 2. The molecule has 2 aromatic carbocycles. The van der Waals surface area contributed by atoms with Crippen LogP contribution >= 0.6 is 11.6 Å². The number of nitrogens with zero attached hydrogens (tertiary/aromatic N) is 3. The van der Waals surface area contributed by atoms with Crippen molar-refractivity contribution < 1.29 is 9.59 Å². The van der Waals surface area contributed by atoms with E-state index in [2.05, 4.69) is 26.1 Å². The van der Waals surface area contributed by atoms with E-state index in [0.29, 0.717) is 22.9 Å². The van der Waals surface area contributed by atoms with Crippen LogP contribution in [0.5, 0.6) is 0 Å². The number of carbonyl (C=O) groups is 2. The first kappa shape index (κ1) is 23.1. The maximum Gasteiger partial charge on any atom is 0.277 e. The van der Waals surface area contributed by atoms with Crippen LogP contribution in [0.3, 0.4) is 0 Å². The zero-order valence-corrected chi connectivity index (χ0v) is 20.4. The van der Waals surface area contributed by atoms with Gasteiger partial charge in [0.2, 0.25) is 5.91 Å². The van der Waals surface area contributed by atoms with E-state index in [4.69, 9.17) is 16.7 Å². The minimum atomic E-state index is -1.20. The number of halogens is 1. The predicted molar refractivity (Wildman–Crippen MR) is 131 cm³/mol. The number of amides is 2. The summed E-state index contributed by atoms with van der Waals surface area (Å²) in [5, 5.41) is 8.27. The molecule has 0 unspecified atom stereocenters. The van der Waals surface area contributed by atoms with E-state index in [0.717, 1.165) is 16.8 Å². The summed E-state index contributed by atoms with van der Waals surface area (Å²) in [7, 11) is 0. The lowest BCUT2D eigenvalue weighted by Crippen LogP contribution is -2.64. The molecule has 6 nitrogen and oxygen atoms in total. The summed E-state index contributed by atoms with van der Waals surface area (Å²) in [5.74, 6) is -0.524. The van der Waals surface area contributed by atoms with E-state index < -0.39 is 5.54 Å². The number of carbonyl (C=O) groups excluding carboxylic acids is 2. The summed E-state index contributed by atoms with van der Waals surface area (Å²) >= 11 is 6.40. The molecule has 0 radical (unpaired) electrons. The average molecular weight is 465 g/mol. The first-order valence-corrected chi connectivity index (χ1v) is 11.4. The molecule has 2 heterocycles. The Morgan fingerprint density at radius 1 is 1.15 bits per heavy atom. The largest absolute Gasteiger partial charge is 0.350 e. The van der Waals surface area contributed by atoms with Gasteiger partial charge in [-0.2, -0.15) is 5.10 Å². The van der Waals surface area contributed by atoms with Gasteiger partial charge in [-0.05, 0) is 43.2 Å². The van der Waals surface area contributed by atoms with E-state index in [-0.39, 0.29) is 23.8 Å². The normalized spacial score (nSPS) is 18.2. The highest BCUT2D eigenvalue weighted by Gasteiger charge is 2.49. The molecule has 172 valence electrons. The van der Waals surface area contributed by atoms with Gasteiger partial charge in [-0.15, -0.1) is 0 Å². The number of hydrogen-bond donors (Lipinski definition) is 1. The maximum absolute atomic E-state index is 13.9. The molecule has 1 aliphatic heterocycles. The first-order valence-electron chi connectivity index (χ1n) is 11.0. The van der Waals surface area contributed by atoms with Gasteiger partial charge < -0.3 is 5.32 Å². The Labute approximate surface area is 199 Å². The Balaban J connectivity index is 1.79. The third-order valence-corrected chi connectivity index (χ3v) is 6.60. The van der Waals surface area contributed by atoms with Crippen molar-refractivity contribution >= 4 is 29.1 Å². The molecule has 3 aromatic rings. The van der Waals surface area contributed by atoms with Crippen LogP contribution in [0.25, 0.3) is 0 Å². The van der Waals surface area contributed by atoms with Crippen LogP contribution < -0.4 is 10.2 Å². The molecule has 7 heteroatoms. The second kappa shape index (κ2) is 8.34. The van der Waals surface area contributed by atoms with E-state index in [1.54, 1.807) is 28.6 Å². The van der Waals surface area contributed by atoms with Crippen LogP contribution in [0, 0.1) is 6.92 Å². The fourth-order valence-corrected chi connectivity index (χ4v) is 4.30. The van der Waals surface area contributed by atoms with Gasteiger partial charge in [-0.3, -0.25) is 19.2 Å². The predicted octanol–water partition coefficient (Wildman–Crippen LogP) is 4.88. The Kier molecular flexibility index (Phi) is 5.83. The third-order valence-electron chi connectivity index (χ3n) is 6.19. The Morgan fingerprint density at radius 3 is 2.52 bits per heavy atom. The van der Waals surface area contributed by atoms with Gasteiger partial charge in [0.25, 0.3) is 5.91 Å². The van der Waals surface area contributed by atoms with Gasteiger partial charge in [0.1, 0.15) is 11.2 Å². The molecule has 33 heavy (non-hydrogen) atoms. The highest BCUT2D eigenvalue weighted by Crippen LogP contribution is 2.37. The number of aromatic nitrogens is 2. The van der Waals surface area contributed by atoms with Crippen LogP contribution in [0.4, 0.5) is 5.69 Å². The van der Waals surface area contributed by atoms with Crippen LogP contribution in [0.2, 0.25) is 5.02 Å². The second-order valence-electron chi connectivity index (χ2n) is 9.79. The van der Waals surface area contributed by atoms with Gasteiger partial charge in [-0.25, -0.2) is 0 Å². The van der Waals surface area contributed by atoms with Crippen molar-refractivity contribution in [3.05, 3.63) is 82.1 Å². The zero-order chi connectivity index (χ0) is 24.0. The van der Waals surface area contributed by atoms with E-state index in [1.165, 1.54) is 0 Å². The SMILES string of the molecule is Cc1c(Cl)cccc1N1C(=O)c2cc(C(C)(C)C)nn2C[C@]1(C)C(=O)NCc1ccccc1. The lowest BCUT2D eigenvalue weighted by Gasteiger charge is -2.43. The van der Waals surface area contributed by atoms with Gasteiger partial charge in [0, 0.05) is 22.7 Å². The molecule has 0 aliphatic carbocycles. The van der Waals surface area contributed by atoms with Crippen molar-refractivity contribution in [1.29, 1.82) is 0 Å². The van der Waals surface area contributed by atoms with E-state index in [9.17, 15) is 9.59 Å². The molecular weight excluding hydrogens is 436 g/mol. The van der Waals surface area contributed by atoms with Gasteiger partial charge >= 0.3 is 0 Å². The molecule has 2 amide bonds. The number of nitrogens with one attached hydrogen (secondary N) is 1. The Morgan fingerprint density at radius 2 is 1.85 bits per heavy atom. The fraction of sp³-hybridized carbons (Fsp3) is 0.346. The van der Waals surface area contributed by atoms with Crippen LogP contribution in [-0.2, 0) is 23.3 Å². The first-order chi connectivity index (χ1) is 15.5.